The Morgan fingerprint density at radius 1 is 1.21 bits per heavy atom. The van der Waals surface area contributed by atoms with Crippen LogP contribution < -0.4 is 10.1 Å². The quantitative estimate of drug-likeness (QED) is 0.899. The van der Waals surface area contributed by atoms with Gasteiger partial charge in [0.05, 0.1) is 7.11 Å². The minimum absolute atomic E-state index is 0.566. The molecule has 3 rings (SSSR count). The molecular formula is C16H24N2O. The van der Waals surface area contributed by atoms with Gasteiger partial charge in [-0.15, -0.1) is 0 Å². The maximum atomic E-state index is 5.25. The zero-order valence-corrected chi connectivity index (χ0v) is 11.9. The van der Waals surface area contributed by atoms with Crippen molar-refractivity contribution in [1.29, 1.82) is 0 Å². The van der Waals surface area contributed by atoms with E-state index < -0.39 is 0 Å². The van der Waals surface area contributed by atoms with Crippen molar-refractivity contribution in [3.05, 3.63) is 29.8 Å². The maximum Gasteiger partial charge on any atom is 0.118 e. The van der Waals surface area contributed by atoms with E-state index in [0.29, 0.717) is 6.04 Å². The lowest BCUT2D eigenvalue weighted by Crippen LogP contribution is -2.29. The molecule has 3 atom stereocenters. The predicted molar refractivity (Wildman–Crippen MR) is 77.4 cm³/mol. The number of ether oxygens (including phenoxy) is 1. The highest BCUT2D eigenvalue weighted by molar-refractivity contribution is 5.29. The van der Waals surface area contributed by atoms with Crippen LogP contribution >= 0.6 is 0 Å². The van der Waals surface area contributed by atoms with Crippen molar-refractivity contribution in [2.24, 2.45) is 11.8 Å². The molecular weight excluding hydrogens is 236 g/mol. The first-order chi connectivity index (χ1) is 9.31. The lowest BCUT2D eigenvalue weighted by Gasteiger charge is -2.28. The summed E-state index contributed by atoms with van der Waals surface area (Å²) in [4.78, 5) is 2.68. The van der Waals surface area contributed by atoms with Gasteiger partial charge in [-0.3, -0.25) is 4.90 Å². The van der Waals surface area contributed by atoms with Crippen LogP contribution in [0.25, 0.3) is 0 Å². The first-order valence-electron chi connectivity index (χ1n) is 7.40. The molecule has 2 heterocycles. The molecule has 2 aliphatic heterocycles. The largest absolute Gasteiger partial charge is 0.497 e. The van der Waals surface area contributed by atoms with Crippen LogP contribution in [0.1, 0.15) is 24.9 Å². The zero-order valence-electron chi connectivity index (χ0n) is 11.9. The zero-order chi connectivity index (χ0) is 13.2. The molecule has 19 heavy (non-hydrogen) atoms. The third kappa shape index (κ3) is 2.49. The summed E-state index contributed by atoms with van der Waals surface area (Å²) in [6.07, 6.45) is 1.18. The van der Waals surface area contributed by atoms with Crippen molar-refractivity contribution >= 4 is 0 Å². The Hall–Kier alpha value is -1.06. The first kappa shape index (κ1) is 12.9. The first-order valence-corrected chi connectivity index (χ1v) is 7.40. The number of nitrogens with one attached hydrogen (secondary N) is 1. The second kappa shape index (κ2) is 5.51. The molecule has 0 bridgehead atoms. The van der Waals surface area contributed by atoms with E-state index in [-0.39, 0.29) is 0 Å². The third-order valence-corrected chi connectivity index (χ3v) is 4.75. The van der Waals surface area contributed by atoms with Crippen LogP contribution in [-0.4, -0.2) is 38.2 Å². The number of hydrogen-bond donors (Lipinski definition) is 1. The van der Waals surface area contributed by atoms with Crippen molar-refractivity contribution in [1.82, 2.24) is 10.2 Å². The SMILES string of the molecule is CCC(c1ccc(OC)cc1)N1CC2CNCC2C1. The summed E-state index contributed by atoms with van der Waals surface area (Å²) in [5.74, 6) is 2.68. The van der Waals surface area contributed by atoms with Gasteiger partial charge in [-0.1, -0.05) is 19.1 Å². The van der Waals surface area contributed by atoms with Gasteiger partial charge in [0.15, 0.2) is 0 Å². The fourth-order valence-electron chi connectivity index (χ4n) is 3.68. The van der Waals surface area contributed by atoms with Crippen LogP contribution in [0, 0.1) is 11.8 Å². The van der Waals surface area contributed by atoms with E-state index in [1.54, 1.807) is 7.11 Å². The van der Waals surface area contributed by atoms with Gasteiger partial charge in [-0.2, -0.15) is 0 Å². The van der Waals surface area contributed by atoms with Gasteiger partial charge in [0, 0.05) is 19.1 Å². The smallest absolute Gasteiger partial charge is 0.118 e. The number of nitrogens with zero attached hydrogens (tertiary/aromatic N) is 1. The molecule has 2 saturated heterocycles. The second-order valence-corrected chi connectivity index (χ2v) is 5.83. The summed E-state index contributed by atoms with van der Waals surface area (Å²) in [7, 11) is 1.72. The average Bonchev–Trinajstić information content (AvgIpc) is 3.02. The van der Waals surface area contributed by atoms with Crippen molar-refractivity contribution in [2.75, 3.05) is 33.3 Å². The van der Waals surface area contributed by atoms with Crippen molar-refractivity contribution < 1.29 is 4.74 Å². The summed E-state index contributed by atoms with van der Waals surface area (Å²) < 4.78 is 5.25. The average molecular weight is 260 g/mol. The molecule has 3 heteroatoms. The maximum absolute atomic E-state index is 5.25. The molecule has 3 nitrogen and oxygen atoms in total. The standard InChI is InChI=1S/C16H24N2O/c1-3-16(12-4-6-15(19-2)7-5-12)18-10-13-8-17-9-14(13)11-18/h4-7,13-14,16-17H,3,8-11H2,1-2H3. The minimum atomic E-state index is 0.566. The Labute approximate surface area is 115 Å². The monoisotopic (exact) mass is 260 g/mol. The fraction of sp³-hybridized carbons (Fsp3) is 0.625. The molecule has 1 aromatic carbocycles. The Bertz CT molecular complexity index is 405. The number of hydrogen-bond acceptors (Lipinski definition) is 3. The van der Waals surface area contributed by atoms with Crippen LogP contribution in [0.4, 0.5) is 0 Å². The highest BCUT2D eigenvalue weighted by atomic mass is 16.5. The number of methoxy groups -OCH3 is 1. The fourth-order valence-corrected chi connectivity index (χ4v) is 3.68. The molecule has 0 radical (unpaired) electrons. The molecule has 0 saturated carbocycles. The lowest BCUT2D eigenvalue weighted by molar-refractivity contribution is 0.222. The van der Waals surface area contributed by atoms with Crippen LogP contribution in [-0.2, 0) is 0 Å². The van der Waals surface area contributed by atoms with E-state index in [1.807, 2.05) is 0 Å². The number of benzene rings is 1. The van der Waals surface area contributed by atoms with Gasteiger partial charge in [0.25, 0.3) is 0 Å². The van der Waals surface area contributed by atoms with Crippen LogP contribution in [0.15, 0.2) is 24.3 Å². The Kier molecular flexibility index (Phi) is 3.76. The molecule has 0 aliphatic carbocycles. The van der Waals surface area contributed by atoms with Crippen LogP contribution in [0.2, 0.25) is 0 Å². The molecule has 104 valence electrons. The number of rotatable bonds is 4. The van der Waals surface area contributed by atoms with Gasteiger partial charge >= 0.3 is 0 Å². The van der Waals surface area contributed by atoms with E-state index >= 15 is 0 Å². The van der Waals surface area contributed by atoms with Gasteiger partial charge < -0.3 is 10.1 Å². The normalized spacial score (nSPS) is 28.3. The molecule has 2 fully saturated rings. The van der Waals surface area contributed by atoms with Gasteiger partial charge in [0.1, 0.15) is 5.75 Å². The molecule has 0 aromatic heterocycles. The molecule has 3 unspecified atom stereocenters. The highest BCUT2D eigenvalue weighted by Crippen LogP contribution is 2.34. The van der Waals surface area contributed by atoms with Gasteiger partial charge in [-0.25, -0.2) is 0 Å². The summed E-state index contributed by atoms with van der Waals surface area (Å²) >= 11 is 0. The summed E-state index contributed by atoms with van der Waals surface area (Å²) in [6.45, 7) is 7.21. The van der Waals surface area contributed by atoms with E-state index in [4.69, 9.17) is 4.74 Å². The van der Waals surface area contributed by atoms with E-state index in [9.17, 15) is 0 Å². The highest BCUT2D eigenvalue weighted by Gasteiger charge is 2.38. The van der Waals surface area contributed by atoms with E-state index in [2.05, 4.69) is 41.4 Å². The Morgan fingerprint density at radius 3 is 2.37 bits per heavy atom. The van der Waals surface area contributed by atoms with Crippen molar-refractivity contribution in [2.45, 2.75) is 19.4 Å². The van der Waals surface area contributed by atoms with Crippen molar-refractivity contribution in [3.63, 3.8) is 0 Å². The minimum Gasteiger partial charge on any atom is -0.497 e. The number of likely N-dealkylation sites (tertiary alicyclic amines) is 1. The lowest BCUT2D eigenvalue weighted by atomic mass is 10.0. The number of fused-ring (bicyclic) bond motifs is 1. The van der Waals surface area contributed by atoms with Crippen molar-refractivity contribution in [3.8, 4) is 5.75 Å². The predicted octanol–water partition coefficient (Wildman–Crippen LogP) is 2.30. The van der Waals surface area contributed by atoms with E-state index in [0.717, 1.165) is 17.6 Å². The second-order valence-electron chi connectivity index (χ2n) is 5.83. The van der Waals surface area contributed by atoms with Crippen LogP contribution in [0.5, 0.6) is 5.75 Å². The third-order valence-electron chi connectivity index (χ3n) is 4.75. The van der Waals surface area contributed by atoms with E-state index in [1.165, 1.54) is 38.2 Å². The Balaban J connectivity index is 1.73. The topological polar surface area (TPSA) is 24.5 Å². The molecule has 1 aromatic rings. The molecule has 1 N–H and O–H groups in total. The molecule has 0 amide bonds. The van der Waals surface area contributed by atoms with Gasteiger partial charge in [0.2, 0.25) is 0 Å². The summed E-state index contributed by atoms with van der Waals surface area (Å²) in [5.41, 5.74) is 1.43. The summed E-state index contributed by atoms with van der Waals surface area (Å²) in [6, 6.07) is 9.17. The Morgan fingerprint density at radius 2 is 1.84 bits per heavy atom. The van der Waals surface area contributed by atoms with Gasteiger partial charge in [-0.05, 0) is 49.0 Å². The molecule has 2 aliphatic rings. The van der Waals surface area contributed by atoms with Crippen LogP contribution in [0.3, 0.4) is 0 Å². The molecule has 0 spiro atoms. The summed E-state index contributed by atoms with van der Waals surface area (Å²) in [5, 5.41) is 3.51.